The van der Waals surface area contributed by atoms with Gasteiger partial charge in [0.15, 0.2) is 5.96 Å². The molecule has 1 atom stereocenters. The quantitative estimate of drug-likeness (QED) is 0.355. The summed E-state index contributed by atoms with van der Waals surface area (Å²) in [5.41, 5.74) is 1.44. The SMILES string of the molecule is CCNC(=NCc1ccc(C)c(F)c1)NCCS(=O)c1ccccc1.I. The molecule has 2 N–H and O–H groups in total. The first kappa shape index (κ1) is 22.6. The third-order valence-electron chi connectivity index (χ3n) is 3.59. The smallest absolute Gasteiger partial charge is 0.191 e. The van der Waals surface area contributed by atoms with E-state index in [2.05, 4.69) is 15.6 Å². The summed E-state index contributed by atoms with van der Waals surface area (Å²) in [5.74, 6) is 0.908. The van der Waals surface area contributed by atoms with Gasteiger partial charge >= 0.3 is 0 Å². The minimum atomic E-state index is -1.04. The van der Waals surface area contributed by atoms with Gasteiger partial charge in [0.1, 0.15) is 5.82 Å². The molecule has 0 aliphatic rings. The monoisotopic (exact) mass is 489 g/mol. The Morgan fingerprint density at radius 1 is 1.15 bits per heavy atom. The van der Waals surface area contributed by atoms with Crippen LogP contribution >= 0.6 is 24.0 Å². The lowest BCUT2D eigenvalue weighted by molar-refractivity contribution is 0.616. The highest BCUT2D eigenvalue weighted by Crippen LogP contribution is 2.10. The molecule has 26 heavy (non-hydrogen) atoms. The molecule has 0 heterocycles. The van der Waals surface area contributed by atoms with Crippen molar-refractivity contribution < 1.29 is 8.60 Å². The standard InChI is InChI=1S/C19H24FN3OS.HI/c1-3-21-19(23-14-16-10-9-15(2)18(20)13-16)22-11-12-25(24)17-7-5-4-6-8-17;/h4-10,13H,3,11-12,14H2,1-2H3,(H2,21,22,23);1H. The summed E-state index contributed by atoms with van der Waals surface area (Å²) < 4.78 is 25.8. The van der Waals surface area contributed by atoms with E-state index in [-0.39, 0.29) is 29.8 Å². The molecule has 1 unspecified atom stereocenters. The molecule has 0 fully saturated rings. The topological polar surface area (TPSA) is 53.5 Å². The molecule has 0 aliphatic carbocycles. The lowest BCUT2D eigenvalue weighted by Gasteiger charge is -2.11. The van der Waals surface area contributed by atoms with Crippen LogP contribution in [0.25, 0.3) is 0 Å². The highest BCUT2D eigenvalue weighted by atomic mass is 127. The summed E-state index contributed by atoms with van der Waals surface area (Å²) in [5, 5.41) is 6.31. The van der Waals surface area contributed by atoms with Crippen LogP contribution in [0.4, 0.5) is 4.39 Å². The molecule has 0 saturated heterocycles. The summed E-state index contributed by atoms with van der Waals surface area (Å²) in [6.07, 6.45) is 0. The van der Waals surface area contributed by atoms with Crippen molar-refractivity contribution in [3.05, 3.63) is 65.5 Å². The van der Waals surface area contributed by atoms with Crippen molar-refractivity contribution in [3.8, 4) is 0 Å². The van der Waals surface area contributed by atoms with Crippen LogP contribution in [-0.4, -0.2) is 29.0 Å². The number of guanidine groups is 1. The van der Waals surface area contributed by atoms with E-state index in [1.54, 1.807) is 13.0 Å². The van der Waals surface area contributed by atoms with Crippen LogP contribution in [-0.2, 0) is 17.3 Å². The Bertz CT molecular complexity index is 741. The predicted octanol–water partition coefficient (Wildman–Crippen LogP) is 3.62. The zero-order valence-electron chi connectivity index (χ0n) is 15.0. The second-order valence-electron chi connectivity index (χ2n) is 5.57. The van der Waals surface area contributed by atoms with E-state index in [4.69, 9.17) is 0 Å². The number of nitrogens with one attached hydrogen (secondary N) is 2. The van der Waals surface area contributed by atoms with Crippen molar-refractivity contribution in [3.63, 3.8) is 0 Å². The number of hydrogen-bond acceptors (Lipinski definition) is 2. The Balaban J connectivity index is 0.00000338. The number of halogens is 2. The molecule has 0 bridgehead atoms. The van der Waals surface area contributed by atoms with Gasteiger partial charge in [-0.1, -0.05) is 30.3 Å². The van der Waals surface area contributed by atoms with E-state index in [1.807, 2.05) is 43.3 Å². The van der Waals surface area contributed by atoms with E-state index < -0.39 is 10.8 Å². The fourth-order valence-electron chi connectivity index (χ4n) is 2.20. The fraction of sp³-hybridized carbons (Fsp3) is 0.316. The van der Waals surface area contributed by atoms with Gasteiger partial charge in [0.25, 0.3) is 0 Å². The van der Waals surface area contributed by atoms with Crippen molar-refractivity contribution >= 4 is 40.7 Å². The Labute approximate surface area is 174 Å². The Kier molecular flexibility index (Phi) is 10.4. The van der Waals surface area contributed by atoms with Crippen molar-refractivity contribution in [2.24, 2.45) is 4.99 Å². The number of aryl methyl sites for hydroxylation is 1. The third kappa shape index (κ3) is 7.41. The highest BCUT2D eigenvalue weighted by molar-refractivity contribution is 14.0. The summed E-state index contributed by atoms with van der Waals surface area (Å²) in [6, 6.07) is 14.5. The maximum absolute atomic E-state index is 13.6. The van der Waals surface area contributed by atoms with Gasteiger partial charge in [-0.3, -0.25) is 4.21 Å². The molecule has 4 nitrogen and oxygen atoms in total. The van der Waals surface area contributed by atoms with E-state index in [0.29, 0.717) is 30.4 Å². The second-order valence-corrected chi connectivity index (χ2v) is 7.14. The van der Waals surface area contributed by atoms with Crippen LogP contribution in [0, 0.1) is 12.7 Å². The zero-order valence-corrected chi connectivity index (χ0v) is 18.1. The molecular weight excluding hydrogens is 464 g/mol. The fourth-order valence-corrected chi connectivity index (χ4v) is 3.18. The van der Waals surface area contributed by atoms with E-state index in [0.717, 1.165) is 17.0 Å². The molecule has 142 valence electrons. The average Bonchev–Trinajstić information content (AvgIpc) is 2.63. The minimum Gasteiger partial charge on any atom is -0.357 e. The van der Waals surface area contributed by atoms with Gasteiger partial charge in [-0.25, -0.2) is 9.38 Å². The first-order valence-corrected chi connectivity index (χ1v) is 9.62. The number of nitrogens with zero attached hydrogens (tertiary/aromatic N) is 1. The molecule has 2 aromatic rings. The molecule has 2 aromatic carbocycles. The Morgan fingerprint density at radius 3 is 2.54 bits per heavy atom. The van der Waals surface area contributed by atoms with Gasteiger partial charge in [-0.05, 0) is 43.2 Å². The zero-order chi connectivity index (χ0) is 18.1. The summed E-state index contributed by atoms with van der Waals surface area (Å²) >= 11 is 0. The van der Waals surface area contributed by atoms with Gasteiger partial charge in [-0.2, -0.15) is 0 Å². The molecule has 0 saturated carbocycles. The Morgan fingerprint density at radius 2 is 1.88 bits per heavy atom. The molecular formula is C19H25FIN3OS. The van der Waals surface area contributed by atoms with E-state index in [1.165, 1.54) is 6.07 Å². The van der Waals surface area contributed by atoms with Crippen LogP contribution in [0.15, 0.2) is 58.4 Å². The van der Waals surface area contributed by atoms with Crippen LogP contribution in [0.1, 0.15) is 18.1 Å². The summed E-state index contributed by atoms with van der Waals surface area (Å²) in [4.78, 5) is 5.27. The number of aliphatic imine (C=N–C) groups is 1. The number of benzene rings is 2. The molecule has 0 amide bonds. The largest absolute Gasteiger partial charge is 0.357 e. The maximum atomic E-state index is 13.6. The summed E-state index contributed by atoms with van der Waals surface area (Å²) in [7, 11) is -1.04. The minimum absolute atomic E-state index is 0. The van der Waals surface area contributed by atoms with Crippen LogP contribution in [0.3, 0.4) is 0 Å². The third-order valence-corrected chi connectivity index (χ3v) is 4.96. The highest BCUT2D eigenvalue weighted by Gasteiger charge is 2.04. The van der Waals surface area contributed by atoms with Crippen molar-refractivity contribution in [1.29, 1.82) is 0 Å². The molecule has 0 aliphatic heterocycles. The normalized spacial score (nSPS) is 12.2. The molecule has 7 heteroatoms. The maximum Gasteiger partial charge on any atom is 0.191 e. The first-order valence-electron chi connectivity index (χ1n) is 8.30. The first-order chi connectivity index (χ1) is 12.1. The van der Waals surface area contributed by atoms with Gasteiger partial charge in [0, 0.05) is 23.7 Å². The van der Waals surface area contributed by atoms with Gasteiger partial charge < -0.3 is 10.6 Å². The van der Waals surface area contributed by atoms with Gasteiger partial charge in [0.05, 0.1) is 17.3 Å². The number of rotatable bonds is 7. The van der Waals surface area contributed by atoms with Crippen LogP contribution in [0.2, 0.25) is 0 Å². The lowest BCUT2D eigenvalue weighted by atomic mass is 10.1. The second kappa shape index (κ2) is 12.0. The van der Waals surface area contributed by atoms with Crippen LogP contribution < -0.4 is 10.6 Å². The Hall–Kier alpha value is -1.48. The van der Waals surface area contributed by atoms with E-state index >= 15 is 0 Å². The van der Waals surface area contributed by atoms with Crippen molar-refractivity contribution in [2.45, 2.75) is 25.3 Å². The lowest BCUT2D eigenvalue weighted by Crippen LogP contribution is -2.39. The number of hydrogen-bond donors (Lipinski definition) is 2. The van der Waals surface area contributed by atoms with Crippen molar-refractivity contribution in [1.82, 2.24) is 10.6 Å². The predicted molar refractivity (Wildman–Crippen MR) is 117 cm³/mol. The van der Waals surface area contributed by atoms with Crippen LogP contribution in [0.5, 0.6) is 0 Å². The molecule has 2 rings (SSSR count). The summed E-state index contributed by atoms with van der Waals surface area (Å²) in [6.45, 7) is 5.35. The molecule has 0 radical (unpaired) electrons. The van der Waals surface area contributed by atoms with Crippen molar-refractivity contribution in [2.75, 3.05) is 18.8 Å². The molecule has 0 spiro atoms. The molecule has 0 aromatic heterocycles. The van der Waals surface area contributed by atoms with Gasteiger partial charge in [-0.15, -0.1) is 24.0 Å². The van der Waals surface area contributed by atoms with E-state index in [9.17, 15) is 8.60 Å². The average molecular weight is 489 g/mol. The van der Waals surface area contributed by atoms with Gasteiger partial charge in [0.2, 0.25) is 0 Å².